The number of carbonyl (C=O) groups is 1. The van der Waals surface area contributed by atoms with Crippen LogP contribution in [0.1, 0.15) is 11.4 Å². The van der Waals surface area contributed by atoms with Gasteiger partial charge in [-0.2, -0.15) is 0 Å². The molecule has 1 aromatic carbocycles. The quantitative estimate of drug-likeness (QED) is 0.786. The van der Waals surface area contributed by atoms with Gasteiger partial charge in [0, 0.05) is 6.20 Å². The maximum atomic E-state index is 11.8. The summed E-state index contributed by atoms with van der Waals surface area (Å²) < 4.78 is 7.39. The smallest absolute Gasteiger partial charge is 0.258 e. The number of carbonyl (C=O) groups excluding carboxylic acids is 1. The van der Waals surface area contributed by atoms with Gasteiger partial charge in [0.05, 0.1) is 18.3 Å². The second-order valence-electron chi connectivity index (χ2n) is 5.05. The number of rotatable bonds is 5. The number of amides is 1. The Morgan fingerprint density at radius 3 is 2.86 bits per heavy atom. The molecule has 0 aliphatic carbocycles. The number of hydrogen-bond donors (Lipinski definition) is 1. The van der Waals surface area contributed by atoms with Crippen LogP contribution in [0.4, 0.5) is 0 Å². The Balaban J connectivity index is 1.53. The van der Waals surface area contributed by atoms with Crippen molar-refractivity contribution in [3.63, 3.8) is 0 Å². The third kappa shape index (κ3) is 3.25. The van der Waals surface area contributed by atoms with Crippen molar-refractivity contribution >= 4 is 11.4 Å². The summed E-state index contributed by atoms with van der Waals surface area (Å²) in [6.45, 7) is 2.37. The van der Waals surface area contributed by atoms with Gasteiger partial charge in [-0.15, -0.1) is 0 Å². The molecule has 1 N–H and O–H groups in total. The SMILES string of the molecule is Cc1ccc(OCC(=O)NCc2ncc3ccccn23)cc1. The van der Waals surface area contributed by atoms with E-state index in [9.17, 15) is 4.79 Å². The predicted octanol–water partition coefficient (Wildman–Crippen LogP) is 2.34. The molecule has 22 heavy (non-hydrogen) atoms. The van der Waals surface area contributed by atoms with Crippen molar-refractivity contribution in [1.29, 1.82) is 0 Å². The topological polar surface area (TPSA) is 55.6 Å². The molecule has 0 aliphatic heterocycles. The lowest BCUT2D eigenvalue weighted by molar-refractivity contribution is -0.123. The molecule has 5 heteroatoms. The van der Waals surface area contributed by atoms with E-state index < -0.39 is 0 Å². The Bertz CT molecular complexity index is 778. The second kappa shape index (κ2) is 6.30. The van der Waals surface area contributed by atoms with Crippen molar-refractivity contribution in [3.05, 3.63) is 66.2 Å². The molecule has 0 spiro atoms. The molecule has 2 heterocycles. The third-order valence-corrected chi connectivity index (χ3v) is 3.35. The van der Waals surface area contributed by atoms with Crippen molar-refractivity contribution in [2.75, 3.05) is 6.61 Å². The Morgan fingerprint density at radius 2 is 2.05 bits per heavy atom. The summed E-state index contributed by atoms with van der Waals surface area (Å²) in [5, 5.41) is 2.81. The van der Waals surface area contributed by atoms with Gasteiger partial charge in [-0.05, 0) is 31.2 Å². The summed E-state index contributed by atoms with van der Waals surface area (Å²) in [5.41, 5.74) is 2.16. The normalized spacial score (nSPS) is 10.6. The van der Waals surface area contributed by atoms with Crippen LogP contribution >= 0.6 is 0 Å². The van der Waals surface area contributed by atoms with Gasteiger partial charge in [0.2, 0.25) is 0 Å². The predicted molar refractivity (Wildman–Crippen MR) is 83.7 cm³/mol. The number of fused-ring (bicyclic) bond motifs is 1. The maximum Gasteiger partial charge on any atom is 0.258 e. The highest BCUT2D eigenvalue weighted by atomic mass is 16.5. The molecule has 3 aromatic rings. The van der Waals surface area contributed by atoms with Crippen molar-refractivity contribution < 1.29 is 9.53 Å². The monoisotopic (exact) mass is 295 g/mol. The molecule has 0 fully saturated rings. The minimum absolute atomic E-state index is 0.00757. The van der Waals surface area contributed by atoms with Gasteiger partial charge < -0.3 is 14.5 Å². The number of ether oxygens (including phenoxy) is 1. The van der Waals surface area contributed by atoms with E-state index in [-0.39, 0.29) is 12.5 Å². The minimum Gasteiger partial charge on any atom is -0.484 e. The fraction of sp³-hybridized carbons (Fsp3) is 0.176. The lowest BCUT2D eigenvalue weighted by Gasteiger charge is -2.07. The molecule has 112 valence electrons. The number of benzene rings is 1. The van der Waals surface area contributed by atoms with Crippen LogP contribution in [-0.2, 0) is 11.3 Å². The number of pyridine rings is 1. The van der Waals surface area contributed by atoms with E-state index in [2.05, 4.69) is 10.3 Å². The van der Waals surface area contributed by atoms with Crippen molar-refractivity contribution in [2.24, 2.45) is 0 Å². The summed E-state index contributed by atoms with van der Waals surface area (Å²) in [4.78, 5) is 16.1. The zero-order valence-electron chi connectivity index (χ0n) is 12.3. The number of hydrogen-bond acceptors (Lipinski definition) is 3. The number of imidazole rings is 1. The first-order chi connectivity index (χ1) is 10.7. The van der Waals surface area contributed by atoms with Gasteiger partial charge in [-0.25, -0.2) is 4.98 Å². The molecule has 1 amide bonds. The highest BCUT2D eigenvalue weighted by molar-refractivity contribution is 5.77. The first-order valence-electron chi connectivity index (χ1n) is 7.09. The summed E-state index contributed by atoms with van der Waals surface area (Å²) in [5.74, 6) is 1.31. The average Bonchev–Trinajstić information content (AvgIpc) is 2.96. The number of aromatic nitrogens is 2. The molecular formula is C17H17N3O2. The summed E-state index contributed by atoms with van der Waals surface area (Å²) in [6, 6.07) is 13.5. The third-order valence-electron chi connectivity index (χ3n) is 3.35. The molecule has 3 rings (SSSR count). The van der Waals surface area contributed by atoms with Crippen molar-refractivity contribution in [1.82, 2.24) is 14.7 Å². The molecule has 0 aliphatic rings. The van der Waals surface area contributed by atoms with E-state index in [1.807, 2.05) is 60.0 Å². The molecule has 2 aromatic heterocycles. The van der Waals surface area contributed by atoms with Crippen LogP contribution < -0.4 is 10.1 Å². The standard InChI is InChI=1S/C17H17N3O2/c1-13-5-7-15(8-6-13)22-12-17(21)19-11-16-18-10-14-4-2-3-9-20(14)16/h2-10H,11-12H2,1H3,(H,19,21). The van der Waals surface area contributed by atoms with Gasteiger partial charge >= 0.3 is 0 Å². The Hall–Kier alpha value is -2.82. The van der Waals surface area contributed by atoms with E-state index in [0.29, 0.717) is 12.3 Å². The summed E-state index contributed by atoms with van der Waals surface area (Å²) in [7, 11) is 0. The molecule has 0 atom stereocenters. The number of aryl methyl sites for hydroxylation is 1. The van der Waals surface area contributed by atoms with Crippen molar-refractivity contribution in [2.45, 2.75) is 13.5 Å². The molecule has 0 bridgehead atoms. The first kappa shape index (κ1) is 14.1. The number of nitrogens with zero attached hydrogens (tertiary/aromatic N) is 2. The van der Waals surface area contributed by atoms with Crippen LogP contribution in [0.2, 0.25) is 0 Å². The second-order valence-corrected chi connectivity index (χ2v) is 5.05. The molecule has 5 nitrogen and oxygen atoms in total. The Morgan fingerprint density at radius 1 is 1.23 bits per heavy atom. The van der Waals surface area contributed by atoms with E-state index in [1.54, 1.807) is 6.20 Å². The lowest BCUT2D eigenvalue weighted by atomic mass is 10.2. The highest BCUT2D eigenvalue weighted by Crippen LogP contribution is 2.11. The van der Waals surface area contributed by atoms with Crippen LogP contribution in [0.5, 0.6) is 5.75 Å². The zero-order chi connectivity index (χ0) is 15.4. The Kier molecular flexibility index (Phi) is 4.05. The van der Waals surface area contributed by atoms with Crippen LogP contribution in [0.25, 0.3) is 5.52 Å². The Labute approximate surface area is 128 Å². The van der Waals surface area contributed by atoms with Gasteiger partial charge in [0.15, 0.2) is 6.61 Å². The van der Waals surface area contributed by atoms with Crippen LogP contribution in [0.3, 0.4) is 0 Å². The van der Waals surface area contributed by atoms with E-state index >= 15 is 0 Å². The molecule has 0 saturated heterocycles. The van der Waals surface area contributed by atoms with E-state index in [1.165, 1.54) is 0 Å². The fourth-order valence-electron chi connectivity index (χ4n) is 2.14. The number of nitrogens with one attached hydrogen (secondary N) is 1. The van der Waals surface area contributed by atoms with Gasteiger partial charge in [-0.3, -0.25) is 4.79 Å². The lowest BCUT2D eigenvalue weighted by Crippen LogP contribution is -2.29. The largest absolute Gasteiger partial charge is 0.484 e. The first-order valence-corrected chi connectivity index (χ1v) is 7.09. The summed E-state index contributed by atoms with van der Waals surface area (Å²) in [6.07, 6.45) is 3.71. The van der Waals surface area contributed by atoms with Crippen molar-refractivity contribution in [3.8, 4) is 5.75 Å². The highest BCUT2D eigenvalue weighted by Gasteiger charge is 2.06. The molecule has 0 radical (unpaired) electrons. The van der Waals surface area contributed by atoms with Crippen LogP contribution in [0, 0.1) is 6.92 Å². The van der Waals surface area contributed by atoms with E-state index in [4.69, 9.17) is 4.74 Å². The molecule has 0 unspecified atom stereocenters. The zero-order valence-corrected chi connectivity index (χ0v) is 12.3. The average molecular weight is 295 g/mol. The molecule has 0 saturated carbocycles. The van der Waals surface area contributed by atoms with Gasteiger partial charge in [-0.1, -0.05) is 23.8 Å². The van der Waals surface area contributed by atoms with Crippen LogP contribution in [-0.4, -0.2) is 21.9 Å². The minimum atomic E-state index is -0.173. The van der Waals surface area contributed by atoms with Gasteiger partial charge in [0.25, 0.3) is 5.91 Å². The van der Waals surface area contributed by atoms with E-state index in [0.717, 1.165) is 16.9 Å². The van der Waals surface area contributed by atoms with Crippen LogP contribution in [0.15, 0.2) is 54.9 Å². The maximum absolute atomic E-state index is 11.8. The van der Waals surface area contributed by atoms with Gasteiger partial charge in [0.1, 0.15) is 11.6 Å². The molecular weight excluding hydrogens is 278 g/mol. The fourth-order valence-corrected chi connectivity index (χ4v) is 2.14. The summed E-state index contributed by atoms with van der Waals surface area (Å²) >= 11 is 0.